The molecule has 0 aliphatic carbocycles. The largest absolute Gasteiger partial charge is 0.333 e. The highest BCUT2D eigenvalue weighted by Gasteiger charge is 2.25. The third-order valence-electron chi connectivity index (χ3n) is 2.93. The summed E-state index contributed by atoms with van der Waals surface area (Å²) in [6.45, 7) is 0. The van der Waals surface area contributed by atoms with Crippen molar-refractivity contribution in [3.63, 3.8) is 0 Å². The summed E-state index contributed by atoms with van der Waals surface area (Å²) < 4.78 is 53.9. The van der Waals surface area contributed by atoms with Crippen LogP contribution in [0.3, 0.4) is 0 Å². The SMILES string of the molecule is O=S1(=O)N=C(SCc2cccc(F)c2)Nc2ccc(F)cc21. The lowest BCUT2D eigenvalue weighted by Gasteiger charge is -2.17. The summed E-state index contributed by atoms with van der Waals surface area (Å²) in [4.78, 5) is -0.192. The number of amidine groups is 1. The number of anilines is 1. The van der Waals surface area contributed by atoms with Crippen molar-refractivity contribution in [1.82, 2.24) is 0 Å². The van der Waals surface area contributed by atoms with Gasteiger partial charge in [-0.1, -0.05) is 23.9 Å². The Balaban J connectivity index is 1.82. The number of halogens is 2. The molecule has 0 saturated heterocycles. The maximum atomic E-state index is 13.2. The van der Waals surface area contributed by atoms with Crippen molar-refractivity contribution in [2.75, 3.05) is 5.32 Å². The van der Waals surface area contributed by atoms with Gasteiger partial charge in [0, 0.05) is 5.75 Å². The summed E-state index contributed by atoms with van der Waals surface area (Å²) in [6, 6.07) is 9.46. The van der Waals surface area contributed by atoms with Crippen LogP contribution in [0.15, 0.2) is 51.8 Å². The molecule has 0 unspecified atom stereocenters. The van der Waals surface area contributed by atoms with Gasteiger partial charge in [-0.25, -0.2) is 8.78 Å². The Morgan fingerprint density at radius 1 is 1.09 bits per heavy atom. The van der Waals surface area contributed by atoms with Gasteiger partial charge in [-0.3, -0.25) is 0 Å². The monoisotopic (exact) mass is 340 g/mol. The molecule has 0 radical (unpaired) electrons. The lowest BCUT2D eigenvalue weighted by molar-refractivity contribution is 0.592. The minimum Gasteiger partial charge on any atom is -0.333 e. The van der Waals surface area contributed by atoms with Gasteiger partial charge in [0.15, 0.2) is 5.17 Å². The van der Waals surface area contributed by atoms with Crippen molar-refractivity contribution in [2.24, 2.45) is 4.40 Å². The molecule has 3 rings (SSSR count). The van der Waals surface area contributed by atoms with Gasteiger partial charge in [-0.2, -0.15) is 8.42 Å². The van der Waals surface area contributed by atoms with Crippen LogP contribution in [0.25, 0.3) is 0 Å². The predicted octanol–water partition coefficient (Wildman–Crippen LogP) is 3.37. The predicted molar refractivity (Wildman–Crippen MR) is 82.3 cm³/mol. The van der Waals surface area contributed by atoms with Gasteiger partial charge in [0.25, 0.3) is 10.0 Å². The summed E-state index contributed by atoms with van der Waals surface area (Å²) in [5.41, 5.74) is 0.981. The molecule has 8 heteroatoms. The average Bonchev–Trinajstić information content (AvgIpc) is 2.46. The van der Waals surface area contributed by atoms with E-state index >= 15 is 0 Å². The molecule has 0 fully saturated rings. The zero-order valence-corrected chi connectivity index (χ0v) is 12.7. The van der Waals surface area contributed by atoms with Crippen LogP contribution in [0.4, 0.5) is 14.5 Å². The summed E-state index contributed by atoms with van der Waals surface area (Å²) in [7, 11) is -3.94. The first-order valence-electron chi connectivity index (χ1n) is 6.23. The lowest BCUT2D eigenvalue weighted by Crippen LogP contribution is -2.19. The maximum absolute atomic E-state index is 13.2. The molecule has 1 aliphatic heterocycles. The normalized spacial score (nSPS) is 15.6. The highest BCUT2D eigenvalue weighted by Crippen LogP contribution is 2.30. The standard InChI is InChI=1S/C14H10F2N2O2S2/c15-10-3-1-2-9(6-10)8-21-14-17-12-5-4-11(16)7-13(12)22(19,20)18-14/h1-7H,8H2,(H,17,18). The molecule has 2 aromatic rings. The molecule has 0 amide bonds. The minimum absolute atomic E-state index is 0.170. The Labute approximate surface area is 130 Å². The van der Waals surface area contributed by atoms with Gasteiger partial charge in [0.05, 0.1) is 5.69 Å². The number of benzene rings is 2. The molecule has 0 aromatic heterocycles. The van der Waals surface area contributed by atoms with Crippen molar-refractivity contribution < 1.29 is 17.2 Å². The van der Waals surface area contributed by atoms with E-state index in [0.717, 1.165) is 17.8 Å². The van der Waals surface area contributed by atoms with E-state index in [1.54, 1.807) is 12.1 Å². The molecule has 1 N–H and O–H groups in total. The van der Waals surface area contributed by atoms with Gasteiger partial charge in [0.1, 0.15) is 16.5 Å². The number of nitrogens with one attached hydrogen (secondary N) is 1. The van der Waals surface area contributed by atoms with Crippen LogP contribution in [0, 0.1) is 11.6 Å². The number of sulfonamides is 1. The molecule has 0 spiro atoms. The van der Waals surface area contributed by atoms with Crippen LogP contribution in [0.1, 0.15) is 5.56 Å². The third-order valence-corrected chi connectivity index (χ3v) is 5.31. The minimum atomic E-state index is -3.94. The number of rotatable bonds is 2. The van der Waals surface area contributed by atoms with Gasteiger partial charge in [0.2, 0.25) is 0 Å². The number of nitrogens with zero attached hydrogens (tertiary/aromatic N) is 1. The Morgan fingerprint density at radius 2 is 1.86 bits per heavy atom. The Morgan fingerprint density at radius 3 is 2.64 bits per heavy atom. The van der Waals surface area contributed by atoms with E-state index in [1.807, 2.05) is 0 Å². The van der Waals surface area contributed by atoms with E-state index in [9.17, 15) is 17.2 Å². The molecule has 0 atom stereocenters. The topological polar surface area (TPSA) is 58.5 Å². The zero-order chi connectivity index (χ0) is 15.7. The van der Waals surface area contributed by atoms with Crippen LogP contribution in [-0.2, 0) is 15.8 Å². The van der Waals surface area contributed by atoms with Crippen molar-refractivity contribution in [1.29, 1.82) is 0 Å². The van der Waals surface area contributed by atoms with E-state index in [0.29, 0.717) is 11.3 Å². The second-order valence-corrected chi connectivity index (χ2v) is 7.09. The number of hydrogen-bond acceptors (Lipinski definition) is 4. The third kappa shape index (κ3) is 3.12. The first-order valence-corrected chi connectivity index (χ1v) is 8.65. The Hall–Kier alpha value is -1.93. The fraction of sp³-hybridized carbons (Fsp3) is 0.0714. The van der Waals surface area contributed by atoms with Crippen molar-refractivity contribution in [2.45, 2.75) is 10.6 Å². The lowest BCUT2D eigenvalue weighted by atomic mass is 10.2. The van der Waals surface area contributed by atoms with Crippen LogP contribution < -0.4 is 5.32 Å². The quantitative estimate of drug-likeness (QED) is 0.911. The molecular weight excluding hydrogens is 330 g/mol. The molecule has 114 valence electrons. The second kappa shape index (κ2) is 5.69. The number of fused-ring (bicyclic) bond motifs is 1. The zero-order valence-electron chi connectivity index (χ0n) is 11.1. The van der Waals surface area contributed by atoms with E-state index in [4.69, 9.17) is 0 Å². The fourth-order valence-corrected chi connectivity index (χ4v) is 4.14. The van der Waals surface area contributed by atoms with E-state index < -0.39 is 15.8 Å². The van der Waals surface area contributed by atoms with Gasteiger partial charge < -0.3 is 5.32 Å². The molecular formula is C14H10F2N2O2S2. The first-order chi connectivity index (χ1) is 10.4. The molecule has 0 bridgehead atoms. The van der Waals surface area contributed by atoms with Crippen LogP contribution in [0.5, 0.6) is 0 Å². The fourth-order valence-electron chi connectivity index (χ4n) is 1.95. The number of thioether (sulfide) groups is 1. The van der Waals surface area contributed by atoms with Gasteiger partial charge in [-0.05, 0) is 35.9 Å². The van der Waals surface area contributed by atoms with Crippen LogP contribution >= 0.6 is 11.8 Å². The van der Waals surface area contributed by atoms with E-state index in [1.165, 1.54) is 24.3 Å². The number of hydrogen-bond donors (Lipinski definition) is 1. The molecule has 2 aromatic carbocycles. The molecule has 1 heterocycles. The average molecular weight is 340 g/mol. The summed E-state index contributed by atoms with van der Waals surface area (Å²) >= 11 is 1.13. The van der Waals surface area contributed by atoms with Gasteiger partial charge in [-0.15, -0.1) is 4.40 Å². The van der Waals surface area contributed by atoms with Crippen LogP contribution in [-0.4, -0.2) is 13.6 Å². The smallest absolute Gasteiger partial charge is 0.286 e. The van der Waals surface area contributed by atoms with Crippen molar-refractivity contribution in [3.05, 3.63) is 59.7 Å². The summed E-state index contributed by atoms with van der Waals surface area (Å²) in [6.07, 6.45) is 0. The Kier molecular flexibility index (Phi) is 3.88. The van der Waals surface area contributed by atoms with Gasteiger partial charge >= 0.3 is 0 Å². The molecule has 22 heavy (non-hydrogen) atoms. The molecule has 4 nitrogen and oxygen atoms in total. The van der Waals surface area contributed by atoms with E-state index in [-0.39, 0.29) is 21.6 Å². The Bertz CT molecular complexity index is 867. The summed E-state index contributed by atoms with van der Waals surface area (Å²) in [5, 5.41) is 3.01. The van der Waals surface area contributed by atoms with Crippen LogP contribution in [0.2, 0.25) is 0 Å². The highest BCUT2D eigenvalue weighted by atomic mass is 32.2. The molecule has 1 aliphatic rings. The maximum Gasteiger partial charge on any atom is 0.286 e. The van der Waals surface area contributed by atoms with Crippen molar-refractivity contribution >= 4 is 32.6 Å². The highest BCUT2D eigenvalue weighted by molar-refractivity contribution is 8.14. The molecule has 0 saturated carbocycles. The van der Waals surface area contributed by atoms with Crippen molar-refractivity contribution in [3.8, 4) is 0 Å². The summed E-state index contributed by atoms with van der Waals surface area (Å²) in [5.74, 6) is -0.643. The first kappa shape index (κ1) is 15.0. The van der Waals surface area contributed by atoms with E-state index in [2.05, 4.69) is 9.71 Å². The second-order valence-electron chi connectivity index (χ2n) is 4.56.